The van der Waals surface area contributed by atoms with Gasteiger partial charge in [0.15, 0.2) is 11.5 Å². The monoisotopic (exact) mass is 469 g/mol. The minimum absolute atomic E-state index is 0.0471. The number of para-hydroxylation sites is 4. The predicted octanol–water partition coefficient (Wildman–Crippen LogP) is 5.65. The molecule has 0 N–H and O–H groups in total. The van der Waals surface area contributed by atoms with Gasteiger partial charge in [-0.1, -0.05) is 30.3 Å². The second kappa shape index (κ2) is 9.82. The summed E-state index contributed by atoms with van der Waals surface area (Å²) >= 11 is 0. The molecule has 4 aromatic rings. The van der Waals surface area contributed by atoms with Crippen LogP contribution in [0, 0.1) is 13.8 Å². The van der Waals surface area contributed by atoms with Crippen molar-refractivity contribution >= 4 is 22.6 Å². The normalized spacial score (nSPS) is 15.7. The first-order valence-corrected chi connectivity index (χ1v) is 12.1. The zero-order valence-electron chi connectivity index (χ0n) is 20.5. The number of amides is 1. The van der Waals surface area contributed by atoms with Crippen LogP contribution >= 0.6 is 0 Å². The molecule has 180 valence electrons. The van der Waals surface area contributed by atoms with E-state index >= 15 is 0 Å². The Balaban J connectivity index is 1.35. The fourth-order valence-corrected chi connectivity index (χ4v) is 5.02. The van der Waals surface area contributed by atoms with Crippen molar-refractivity contribution in [2.45, 2.75) is 39.2 Å². The highest BCUT2D eigenvalue weighted by Gasteiger charge is 2.35. The Labute approximate surface area is 206 Å². The van der Waals surface area contributed by atoms with Crippen LogP contribution in [0.3, 0.4) is 0 Å². The van der Waals surface area contributed by atoms with Crippen molar-refractivity contribution in [1.29, 1.82) is 0 Å². The smallest absolute Gasteiger partial charge is 0.227 e. The van der Waals surface area contributed by atoms with Gasteiger partial charge < -0.3 is 18.9 Å². The van der Waals surface area contributed by atoms with Gasteiger partial charge in [0.25, 0.3) is 0 Å². The first kappa shape index (κ1) is 23.0. The molecule has 1 aliphatic rings. The Morgan fingerprint density at radius 2 is 1.69 bits per heavy atom. The molecule has 1 amide bonds. The Kier molecular flexibility index (Phi) is 6.45. The highest BCUT2D eigenvalue weighted by Crippen LogP contribution is 2.34. The molecule has 3 aromatic carbocycles. The molecule has 35 heavy (non-hydrogen) atoms. The van der Waals surface area contributed by atoms with E-state index in [0.717, 1.165) is 47.0 Å². The number of hydrogen-bond acceptors (Lipinski definition) is 4. The molecule has 0 aliphatic carbocycles. The minimum Gasteiger partial charge on any atom is -0.493 e. The lowest BCUT2D eigenvalue weighted by atomic mass is 10.1. The predicted molar refractivity (Wildman–Crippen MR) is 138 cm³/mol. The van der Waals surface area contributed by atoms with Gasteiger partial charge in [0.1, 0.15) is 5.82 Å². The van der Waals surface area contributed by atoms with Gasteiger partial charge in [0.05, 0.1) is 24.8 Å². The molecule has 6 nitrogen and oxygen atoms in total. The highest BCUT2D eigenvalue weighted by atomic mass is 16.5. The Hall–Kier alpha value is -3.80. The van der Waals surface area contributed by atoms with Gasteiger partial charge in [-0.2, -0.15) is 0 Å². The number of anilines is 1. The van der Waals surface area contributed by atoms with E-state index in [0.29, 0.717) is 19.6 Å². The lowest BCUT2D eigenvalue weighted by molar-refractivity contribution is -0.117. The molecule has 5 rings (SSSR count). The second-order valence-corrected chi connectivity index (χ2v) is 9.21. The molecular weight excluding hydrogens is 438 g/mol. The number of fused-ring (bicyclic) bond motifs is 1. The SMILES string of the molecule is COc1ccccc1OCCCn1c([C@@H]2CC(=O)N(c3cc(C)cc(C)c3)C2)nc2ccccc21. The number of aromatic nitrogens is 2. The Morgan fingerprint density at radius 1 is 0.971 bits per heavy atom. The van der Waals surface area contributed by atoms with Crippen LogP contribution in [-0.2, 0) is 11.3 Å². The van der Waals surface area contributed by atoms with Gasteiger partial charge in [0.2, 0.25) is 5.91 Å². The van der Waals surface area contributed by atoms with Gasteiger partial charge >= 0.3 is 0 Å². The maximum atomic E-state index is 13.0. The van der Waals surface area contributed by atoms with E-state index in [9.17, 15) is 4.79 Å². The summed E-state index contributed by atoms with van der Waals surface area (Å²) in [4.78, 5) is 19.9. The molecule has 6 heteroatoms. The van der Waals surface area contributed by atoms with Crippen LogP contribution in [0.5, 0.6) is 11.5 Å². The van der Waals surface area contributed by atoms with Crippen molar-refractivity contribution < 1.29 is 14.3 Å². The van der Waals surface area contributed by atoms with Crippen molar-refractivity contribution in [2.75, 3.05) is 25.2 Å². The summed E-state index contributed by atoms with van der Waals surface area (Å²) in [7, 11) is 1.65. The fourth-order valence-electron chi connectivity index (χ4n) is 5.02. The zero-order valence-corrected chi connectivity index (χ0v) is 20.5. The molecular formula is C29H31N3O3. The van der Waals surface area contributed by atoms with Crippen LogP contribution in [0.15, 0.2) is 66.7 Å². The lowest BCUT2D eigenvalue weighted by Crippen LogP contribution is -2.24. The number of rotatable bonds is 8. The van der Waals surface area contributed by atoms with Crippen LogP contribution in [-0.4, -0.2) is 35.7 Å². The van der Waals surface area contributed by atoms with Crippen molar-refractivity contribution in [3.63, 3.8) is 0 Å². The fraction of sp³-hybridized carbons (Fsp3) is 0.310. The molecule has 1 atom stereocenters. The van der Waals surface area contributed by atoms with Crippen molar-refractivity contribution in [1.82, 2.24) is 9.55 Å². The minimum atomic E-state index is 0.0471. The first-order valence-electron chi connectivity index (χ1n) is 12.1. The topological polar surface area (TPSA) is 56.6 Å². The van der Waals surface area contributed by atoms with E-state index in [4.69, 9.17) is 14.5 Å². The number of ether oxygens (including phenoxy) is 2. The largest absolute Gasteiger partial charge is 0.493 e. The standard InChI is InChI=1S/C29H31N3O3/c1-20-15-21(2)17-23(16-20)32-19-22(18-28(32)33)29-30-24-9-4-5-10-25(24)31(29)13-8-14-35-27-12-7-6-11-26(27)34-3/h4-7,9-12,15-17,22H,8,13-14,18-19H2,1-3H3/t22-/m1/s1. The van der Waals surface area contributed by atoms with Gasteiger partial charge in [-0.15, -0.1) is 0 Å². The number of nitrogens with zero attached hydrogens (tertiary/aromatic N) is 3. The van der Waals surface area contributed by atoms with E-state index in [2.05, 4.69) is 42.7 Å². The maximum absolute atomic E-state index is 13.0. The number of carbonyl (C=O) groups is 1. The van der Waals surface area contributed by atoms with E-state index in [1.165, 1.54) is 11.1 Å². The number of hydrogen-bond donors (Lipinski definition) is 0. The molecule has 1 aliphatic heterocycles. The van der Waals surface area contributed by atoms with Crippen LogP contribution in [0.1, 0.15) is 35.7 Å². The van der Waals surface area contributed by atoms with Gasteiger partial charge in [0, 0.05) is 31.1 Å². The molecule has 1 fully saturated rings. The van der Waals surface area contributed by atoms with Gasteiger partial charge in [-0.3, -0.25) is 4.79 Å². The average molecular weight is 470 g/mol. The van der Waals surface area contributed by atoms with Crippen LogP contribution < -0.4 is 14.4 Å². The van der Waals surface area contributed by atoms with E-state index < -0.39 is 0 Å². The van der Waals surface area contributed by atoms with Crippen LogP contribution in [0.4, 0.5) is 5.69 Å². The summed E-state index contributed by atoms with van der Waals surface area (Å²) in [5.41, 5.74) is 5.36. The Bertz CT molecular complexity index is 1340. The van der Waals surface area contributed by atoms with Crippen molar-refractivity contribution in [3.05, 3.63) is 83.7 Å². The van der Waals surface area contributed by atoms with E-state index in [1.807, 2.05) is 47.4 Å². The molecule has 0 spiro atoms. The third-order valence-corrected chi connectivity index (χ3v) is 6.55. The summed E-state index contributed by atoms with van der Waals surface area (Å²) in [6, 6.07) is 22.2. The Morgan fingerprint density at radius 3 is 2.46 bits per heavy atom. The zero-order chi connectivity index (χ0) is 24.4. The average Bonchev–Trinajstić information content (AvgIpc) is 3.42. The molecule has 0 radical (unpaired) electrons. The quantitative estimate of drug-likeness (QED) is 0.313. The molecule has 0 saturated carbocycles. The number of aryl methyl sites for hydroxylation is 3. The lowest BCUT2D eigenvalue weighted by Gasteiger charge is -2.19. The summed E-state index contributed by atoms with van der Waals surface area (Å²) in [6.07, 6.45) is 1.28. The van der Waals surface area contributed by atoms with Crippen LogP contribution in [0.2, 0.25) is 0 Å². The summed E-state index contributed by atoms with van der Waals surface area (Å²) in [5.74, 6) is 2.65. The van der Waals surface area contributed by atoms with Crippen molar-refractivity contribution in [2.24, 2.45) is 0 Å². The van der Waals surface area contributed by atoms with Crippen LogP contribution in [0.25, 0.3) is 11.0 Å². The van der Waals surface area contributed by atoms with E-state index in [-0.39, 0.29) is 11.8 Å². The van der Waals surface area contributed by atoms with E-state index in [1.54, 1.807) is 7.11 Å². The summed E-state index contributed by atoms with van der Waals surface area (Å²) in [6.45, 7) is 6.11. The first-order chi connectivity index (χ1) is 17.0. The third kappa shape index (κ3) is 4.74. The molecule has 1 saturated heterocycles. The number of imidazole rings is 1. The number of methoxy groups -OCH3 is 1. The third-order valence-electron chi connectivity index (χ3n) is 6.55. The molecule has 1 aromatic heterocycles. The molecule has 0 bridgehead atoms. The highest BCUT2D eigenvalue weighted by molar-refractivity contribution is 5.96. The van der Waals surface area contributed by atoms with Crippen molar-refractivity contribution in [3.8, 4) is 11.5 Å². The van der Waals surface area contributed by atoms with Gasteiger partial charge in [-0.25, -0.2) is 4.98 Å². The number of benzene rings is 3. The second-order valence-electron chi connectivity index (χ2n) is 9.21. The molecule has 0 unspecified atom stereocenters. The molecule has 2 heterocycles. The number of carbonyl (C=O) groups excluding carboxylic acids is 1. The summed E-state index contributed by atoms with van der Waals surface area (Å²) in [5, 5.41) is 0. The van der Waals surface area contributed by atoms with Gasteiger partial charge in [-0.05, 0) is 67.8 Å². The maximum Gasteiger partial charge on any atom is 0.227 e. The summed E-state index contributed by atoms with van der Waals surface area (Å²) < 4.78 is 13.7.